The molecule has 0 aromatic heterocycles. The maximum absolute atomic E-state index is 13.1. The van der Waals surface area contributed by atoms with Crippen molar-refractivity contribution in [3.63, 3.8) is 0 Å². The number of nitrogens with two attached hydrogens (primary N) is 1. The molecule has 29 heavy (non-hydrogen) atoms. The summed E-state index contributed by atoms with van der Waals surface area (Å²) in [5.74, 6) is -0.276. The zero-order valence-corrected chi connectivity index (χ0v) is 16.7. The summed E-state index contributed by atoms with van der Waals surface area (Å²) in [6.45, 7) is 3.19. The molecule has 7 heteroatoms. The predicted octanol–water partition coefficient (Wildman–Crippen LogP) is 3.19. The first-order valence-electron chi connectivity index (χ1n) is 9.59. The molecule has 2 aliphatic heterocycles. The van der Waals surface area contributed by atoms with Gasteiger partial charge in [-0.05, 0) is 41.5 Å². The number of halogens is 2. The van der Waals surface area contributed by atoms with Gasteiger partial charge in [0.15, 0.2) is 0 Å². The summed E-state index contributed by atoms with van der Waals surface area (Å²) in [6, 6.07) is 11.8. The standard InChI is InChI=1S/C22H23ClFN3O2/c23-17-5-3-16(21(25)9-17)4-8-22(28)27-19-11-26(12-20(27)14-29-13-19)10-15-1-6-18(24)7-2-15/h1-9,19-20H,10-14,25H2. The van der Waals surface area contributed by atoms with Gasteiger partial charge in [0.05, 0.1) is 25.3 Å². The second-order valence-corrected chi connectivity index (χ2v) is 7.95. The molecule has 0 aliphatic carbocycles. The Bertz CT molecular complexity index is 905. The molecule has 2 aromatic rings. The molecule has 2 bridgehead atoms. The Kier molecular flexibility index (Phi) is 5.85. The fourth-order valence-electron chi connectivity index (χ4n) is 4.03. The highest BCUT2D eigenvalue weighted by molar-refractivity contribution is 6.30. The molecule has 2 aliphatic rings. The first kappa shape index (κ1) is 19.9. The molecule has 5 nitrogen and oxygen atoms in total. The quantitative estimate of drug-likeness (QED) is 0.615. The van der Waals surface area contributed by atoms with E-state index in [1.54, 1.807) is 42.5 Å². The average molecular weight is 416 g/mol. The number of fused-ring (bicyclic) bond motifs is 2. The van der Waals surface area contributed by atoms with E-state index in [1.807, 2.05) is 4.90 Å². The second-order valence-electron chi connectivity index (χ2n) is 7.52. The van der Waals surface area contributed by atoms with Gasteiger partial charge < -0.3 is 15.4 Å². The zero-order chi connectivity index (χ0) is 20.4. The third-order valence-corrected chi connectivity index (χ3v) is 5.61. The van der Waals surface area contributed by atoms with Gasteiger partial charge in [0.1, 0.15) is 5.82 Å². The number of benzene rings is 2. The summed E-state index contributed by atoms with van der Waals surface area (Å²) in [5.41, 5.74) is 8.33. The topological polar surface area (TPSA) is 58.8 Å². The molecule has 2 fully saturated rings. The summed E-state index contributed by atoms with van der Waals surface area (Å²) < 4.78 is 18.8. The molecule has 0 saturated carbocycles. The van der Waals surface area contributed by atoms with E-state index in [1.165, 1.54) is 12.1 Å². The molecule has 2 unspecified atom stereocenters. The Morgan fingerprint density at radius 3 is 2.52 bits per heavy atom. The lowest BCUT2D eigenvalue weighted by Crippen LogP contribution is -2.65. The van der Waals surface area contributed by atoms with E-state index in [2.05, 4.69) is 4.90 Å². The number of hydrogen-bond donors (Lipinski definition) is 1. The van der Waals surface area contributed by atoms with Crippen molar-refractivity contribution in [1.29, 1.82) is 0 Å². The highest BCUT2D eigenvalue weighted by Crippen LogP contribution is 2.24. The van der Waals surface area contributed by atoms with Gasteiger partial charge in [-0.2, -0.15) is 0 Å². The van der Waals surface area contributed by atoms with Crippen molar-refractivity contribution in [3.8, 4) is 0 Å². The Labute approximate surface area is 174 Å². The van der Waals surface area contributed by atoms with Crippen LogP contribution < -0.4 is 5.73 Å². The van der Waals surface area contributed by atoms with Crippen LogP contribution in [0.2, 0.25) is 5.02 Å². The minimum absolute atomic E-state index is 0.0114. The molecule has 2 aromatic carbocycles. The van der Waals surface area contributed by atoms with Crippen LogP contribution in [0.3, 0.4) is 0 Å². The smallest absolute Gasteiger partial charge is 0.247 e. The van der Waals surface area contributed by atoms with Crippen LogP contribution in [-0.2, 0) is 16.1 Å². The van der Waals surface area contributed by atoms with Crippen molar-refractivity contribution in [3.05, 3.63) is 70.5 Å². The second kappa shape index (κ2) is 8.53. The molecule has 1 amide bonds. The van der Waals surface area contributed by atoms with Crippen LogP contribution in [0.4, 0.5) is 10.1 Å². The van der Waals surface area contributed by atoms with Crippen LogP contribution >= 0.6 is 11.6 Å². The average Bonchev–Trinajstić information content (AvgIpc) is 2.68. The summed E-state index contributed by atoms with van der Waals surface area (Å²) in [7, 11) is 0. The third-order valence-electron chi connectivity index (χ3n) is 5.37. The van der Waals surface area contributed by atoms with Crippen LogP contribution in [0.1, 0.15) is 11.1 Å². The molecule has 2 saturated heterocycles. The number of carbonyl (C=O) groups is 1. The Balaban J connectivity index is 1.44. The fraction of sp³-hybridized carbons (Fsp3) is 0.318. The zero-order valence-electron chi connectivity index (χ0n) is 15.9. The highest BCUT2D eigenvalue weighted by atomic mass is 35.5. The maximum atomic E-state index is 13.1. The van der Waals surface area contributed by atoms with Gasteiger partial charge >= 0.3 is 0 Å². The lowest BCUT2D eigenvalue weighted by atomic mass is 10.0. The van der Waals surface area contributed by atoms with Crippen molar-refractivity contribution in [2.24, 2.45) is 0 Å². The third kappa shape index (κ3) is 4.61. The van der Waals surface area contributed by atoms with Gasteiger partial charge in [-0.1, -0.05) is 29.8 Å². The summed E-state index contributed by atoms with van der Waals surface area (Å²) in [4.78, 5) is 17.1. The van der Waals surface area contributed by atoms with Crippen molar-refractivity contribution >= 4 is 29.3 Å². The van der Waals surface area contributed by atoms with Crippen LogP contribution in [0.25, 0.3) is 6.08 Å². The van der Waals surface area contributed by atoms with Gasteiger partial charge in [-0.15, -0.1) is 0 Å². The van der Waals surface area contributed by atoms with Crippen LogP contribution in [-0.4, -0.2) is 54.1 Å². The van der Waals surface area contributed by atoms with E-state index in [9.17, 15) is 9.18 Å². The molecule has 0 radical (unpaired) electrons. The van der Waals surface area contributed by atoms with Gasteiger partial charge in [-0.3, -0.25) is 9.69 Å². The highest BCUT2D eigenvalue weighted by Gasteiger charge is 2.39. The van der Waals surface area contributed by atoms with Crippen molar-refractivity contribution < 1.29 is 13.9 Å². The number of ether oxygens (including phenoxy) is 1. The molecular weight excluding hydrogens is 393 g/mol. The molecule has 0 spiro atoms. The Hall–Kier alpha value is -2.41. The molecular formula is C22H23ClFN3O2. The number of hydrogen-bond acceptors (Lipinski definition) is 4. The monoisotopic (exact) mass is 415 g/mol. The van der Waals surface area contributed by atoms with Gasteiger partial charge in [-0.25, -0.2) is 4.39 Å². The Morgan fingerprint density at radius 2 is 1.86 bits per heavy atom. The van der Waals surface area contributed by atoms with Crippen molar-refractivity contribution in [1.82, 2.24) is 9.80 Å². The van der Waals surface area contributed by atoms with Crippen molar-refractivity contribution in [2.45, 2.75) is 18.6 Å². The number of amides is 1. The number of morpholine rings is 1. The first-order valence-corrected chi connectivity index (χ1v) is 9.97. The number of nitrogens with zero attached hydrogens (tertiary/aromatic N) is 2. The molecule has 4 rings (SSSR count). The van der Waals surface area contributed by atoms with E-state index in [-0.39, 0.29) is 23.8 Å². The number of carbonyl (C=O) groups excluding carboxylic acids is 1. The fourth-order valence-corrected chi connectivity index (χ4v) is 4.21. The van der Waals surface area contributed by atoms with Gasteiger partial charge in [0, 0.05) is 36.4 Å². The van der Waals surface area contributed by atoms with Crippen LogP contribution in [0.15, 0.2) is 48.5 Å². The Morgan fingerprint density at radius 1 is 1.17 bits per heavy atom. The molecule has 2 heterocycles. The van der Waals surface area contributed by atoms with Crippen LogP contribution in [0.5, 0.6) is 0 Å². The molecule has 2 atom stereocenters. The minimum atomic E-state index is -0.234. The predicted molar refractivity (Wildman–Crippen MR) is 112 cm³/mol. The summed E-state index contributed by atoms with van der Waals surface area (Å²) in [6.07, 6.45) is 3.30. The number of piperazine rings is 1. The largest absolute Gasteiger partial charge is 0.398 e. The van der Waals surface area contributed by atoms with E-state index in [0.29, 0.717) is 23.9 Å². The lowest BCUT2D eigenvalue weighted by molar-refractivity contribution is -0.150. The van der Waals surface area contributed by atoms with E-state index < -0.39 is 0 Å². The molecule has 152 valence electrons. The minimum Gasteiger partial charge on any atom is -0.398 e. The number of rotatable bonds is 4. The van der Waals surface area contributed by atoms with E-state index >= 15 is 0 Å². The SMILES string of the molecule is Nc1cc(Cl)ccc1C=CC(=O)N1C2COCC1CN(Cc1ccc(F)cc1)C2. The van der Waals surface area contributed by atoms with Crippen molar-refractivity contribution in [2.75, 3.05) is 32.0 Å². The first-order chi connectivity index (χ1) is 14.0. The number of nitrogen functional groups attached to an aromatic ring is 1. The van der Waals surface area contributed by atoms with Gasteiger partial charge in [0.2, 0.25) is 5.91 Å². The van der Waals surface area contributed by atoms with E-state index in [0.717, 1.165) is 30.8 Å². The molecule has 2 N–H and O–H groups in total. The lowest BCUT2D eigenvalue weighted by Gasteiger charge is -2.49. The van der Waals surface area contributed by atoms with Crippen LogP contribution in [0, 0.1) is 5.82 Å². The van der Waals surface area contributed by atoms with Gasteiger partial charge in [0.25, 0.3) is 0 Å². The van der Waals surface area contributed by atoms with E-state index in [4.69, 9.17) is 22.1 Å². The maximum Gasteiger partial charge on any atom is 0.247 e. The summed E-state index contributed by atoms with van der Waals surface area (Å²) in [5, 5.41) is 0.565. The summed E-state index contributed by atoms with van der Waals surface area (Å²) >= 11 is 5.93. The normalized spacial score (nSPS) is 22.2. The number of anilines is 1.